The lowest BCUT2D eigenvalue weighted by molar-refractivity contribution is -0.116. The average molecular weight is 336 g/mol. The van der Waals surface area contributed by atoms with Gasteiger partial charge in [-0.3, -0.25) is 4.79 Å². The van der Waals surface area contributed by atoms with Crippen LogP contribution in [-0.4, -0.2) is 17.0 Å². The molecule has 0 atom stereocenters. The fourth-order valence-electron chi connectivity index (χ4n) is 2.15. The average Bonchev–Trinajstić information content (AvgIpc) is 2.97. The van der Waals surface area contributed by atoms with Gasteiger partial charge < -0.3 is 14.8 Å². The van der Waals surface area contributed by atoms with Crippen molar-refractivity contribution in [2.24, 2.45) is 0 Å². The van der Waals surface area contributed by atoms with Crippen LogP contribution in [0.3, 0.4) is 0 Å². The maximum Gasteiger partial charge on any atom is 0.371 e. The molecule has 2 aromatic rings. The molecular weight excluding hydrogens is 318 g/mol. The number of hydrogen-bond acceptors (Lipinski definition) is 3. The largest absolute Gasteiger partial charge is 0.475 e. The molecule has 2 rings (SSSR count). The molecule has 6 heteroatoms. The van der Waals surface area contributed by atoms with Gasteiger partial charge >= 0.3 is 5.97 Å². The summed E-state index contributed by atoms with van der Waals surface area (Å²) >= 11 is 6.20. The molecule has 0 bridgehead atoms. The second-order valence-electron chi connectivity index (χ2n) is 5.17. The first-order valence-electron chi connectivity index (χ1n) is 7.44. The van der Waals surface area contributed by atoms with Gasteiger partial charge in [0.25, 0.3) is 0 Å². The standard InChI is InChI=1S/C17H18ClNO4/c1-2-3-4-5-16(20)19-11-6-7-12(13(18)10-11)14-8-9-15(23-14)17(21)22/h6-10H,2-5H2,1H3,(H,19,20)(H,21,22). The van der Waals surface area contributed by atoms with Crippen LogP contribution in [0.15, 0.2) is 34.7 Å². The van der Waals surface area contributed by atoms with Crippen LogP contribution in [0.2, 0.25) is 5.02 Å². The number of aromatic carboxylic acids is 1. The van der Waals surface area contributed by atoms with Gasteiger partial charge in [0.2, 0.25) is 11.7 Å². The van der Waals surface area contributed by atoms with E-state index in [9.17, 15) is 9.59 Å². The SMILES string of the molecule is CCCCCC(=O)Nc1ccc(-c2ccc(C(=O)O)o2)c(Cl)c1. The highest BCUT2D eigenvalue weighted by molar-refractivity contribution is 6.33. The molecule has 0 aliphatic rings. The highest BCUT2D eigenvalue weighted by Crippen LogP contribution is 2.31. The molecule has 122 valence electrons. The molecule has 23 heavy (non-hydrogen) atoms. The summed E-state index contributed by atoms with van der Waals surface area (Å²) in [5, 5.41) is 12.0. The van der Waals surface area contributed by atoms with Crippen molar-refractivity contribution in [3.8, 4) is 11.3 Å². The van der Waals surface area contributed by atoms with Crippen LogP contribution in [0.4, 0.5) is 5.69 Å². The summed E-state index contributed by atoms with van der Waals surface area (Å²) in [6, 6.07) is 7.94. The number of benzene rings is 1. The second-order valence-corrected chi connectivity index (χ2v) is 5.58. The first-order valence-corrected chi connectivity index (χ1v) is 7.82. The van der Waals surface area contributed by atoms with E-state index in [-0.39, 0.29) is 11.7 Å². The number of carbonyl (C=O) groups excluding carboxylic acids is 1. The van der Waals surface area contributed by atoms with E-state index in [1.54, 1.807) is 24.3 Å². The first kappa shape index (κ1) is 17.1. The normalized spacial score (nSPS) is 10.5. The third-order valence-electron chi connectivity index (χ3n) is 3.34. The van der Waals surface area contributed by atoms with Gasteiger partial charge in [-0.05, 0) is 36.8 Å². The number of rotatable bonds is 7. The minimum Gasteiger partial charge on any atom is -0.475 e. The summed E-state index contributed by atoms with van der Waals surface area (Å²) in [5.41, 5.74) is 1.17. The number of furan rings is 1. The Balaban J connectivity index is 2.08. The Kier molecular flexibility index (Phi) is 5.82. The van der Waals surface area contributed by atoms with Gasteiger partial charge in [-0.25, -0.2) is 4.79 Å². The Labute approximate surface area is 139 Å². The minimum atomic E-state index is -1.14. The lowest BCUT2D eigenvalue weighted by atomic mass is 10.1. The lowest BCUT2D eigenvalue weighted by Gasteiger charge is -2.07. The Morgan fingerprint density at radius 3 is 2.61 bits per heavy atom. The van der Waals surface area contributed by atoms with Crippen molar-refractivity contribution < 1.29 is 19.1 Å². The Hall–Kier alpha value is -2.27. The van der Waals surface area contributed by atoms with Gasteiger partial charge in [0.1, 0.15) is 5.76 Å². The maximum atomic E-state index is 11.8. The number of carboxylic acids is 1. The van der Waals surface area contributed by atoms with Gasteiger partial charge in [0.05, 0.1) is 5.02 Å². The molecule has 0 saturated heterocycles. The third kappa shape index (κ3) is 4.60. The van der Waals surface area contributed by atoms with Crippen LogP contribution in [0.5, 0.6) is 0 Å². The lowest BCUT2D eigenvalue weighted by Crippen LogP contribution is -2.10. The summed E-state index contributed by atoms with van der Waals surface area (Å²) in [7, 11) is 0. The van der Waals surface area contributed by atoms with Gasteiger partial charge in [-0.1, -0.05) is 31.4 Å². The van der Waals surface area contributed by atoms with E-state index in [0.29, 0.717) is 28.5 Å². The van der Waals surface area contributed by atoms with E-state index in [1.165, 1.54) is 6.07 Å². The predicted molar refractivity (Wildman–Crippen MR) is 88.9 cm³/mol. The molecule has 0 spiro atoms. The molecular formula is C17H18ClNO4. The van der Waals surface area contributed by atoms with E-state index >= 15 is 0 Å². The number of hydrogen-bond donors (Lipinski definition) is 2. The van der Waals surface area contributed by atoms with Crippen molar-refractivity contribution in [3.63, 3.8) is 0 Å². The highest BCUT2D eigenvalue weighted by atomic mass is 35.5. The fourth-order valence-corrected chi connectivity index (χ4v) is 2.42. The first-order chi connectivity index (χ1) is 11.0. The van der Waals surface area contributed by atoms with Gasteiger partial charge in [-0.15, -0.1) is 0 Å². The molecule has 1 amide bonds. The highest BCUT2D eigenvalue weighted by Gasteiger charge is 2.13. The monoisotopic (exact) mass is 335 g/mol. The number of carboxylic acid groups (broad SMARTS) is 1. The molecule has 1 aromatic heterocycles. The number of amides is 1. The Morgan fingerprint density at radius 1 is 1.22 bits per heavy atom. The zero-order valence-corrected chi connectivity index (χ0v) is 13.5. The van der Waals surface area contributed by atoms with E-state index in [0.717, 1.165) is 19.3 Å². The van der Waals surface area contributed by atoms with Crippen LogP contribution in [0, 0.1) is 0 Å². The van der Waals surface area contributed by atoms with Crippen molar-refractivity contribution in [3.05, 3.63) is 41.1 Å². The van der Waals surface area contributed by atoms with Gasteiger partial charge in [0.15, 0.2) is 0 Å². The number of halogens is 1. The molecule has 0 saturated carbocycles. The van der Waals surface area contributed by atoms with Gasteiger partial charge in [0, 0.05) is 17.7 Å². The molecule has 2 N–H and O–H groups in total. The predicted octanol–water partition coefficient (Wildman–Crippen LogP) is 4.82. The van der Waals surface area contributed by atoms with Crippen molar-refractivity contribution in [1.29, 1.82) is 0 Å². The van der Waals surface area contributed by atoms with Crippen molar-refractivity contribution in [2.45, 2.75) is 32.6 Å². The molecule has 0 aliphatic carbocycles. The van der Waals surface area contributed by atoms with Gasteiger partial charge in [-0.2, -0.15) is 0 Å². The van der Waals surface area contributed by atoms with Crippen molar-refractivity contribution in [2.75, 3.05) is 5.32 Å². The molecule has 1 aromatic carbocycles. The summed E-state index contributed by atoms with van der Waals surface area (Å²) < 4.78 is 5.23. The summed E-state index contributed by atoms with van der Waals surface area (Å²) in [6.45, 7) is 2.08. The Bertz CT molecular complexity index is 708. The fraction of sp³-hybridized carbons (Fsp3) is 0.294. The topological polar surface area (TPSA) is 79.5 Å². The number of carbonyl (C=O) groups is 2. The summed E-state index contributed by atoms with van der Waals surface area (Å²) in [4.78, 5) is 22.6. The van der Waals surface area contributed by atoms with Crippen LogP contribution in [0.1, 0.15) is 43.2 Å². The van der Waals surface area contributed by atoms with E-state index in [4.69, 9.17) is 21.1 Å². The molecule has 0 unspecified atom stereocenters. The van der Waals surface area contributed by atoms with Crippen LogP contribution in [-0.2, 0) is 4.79 Å². The van der Waals surface area contributed by atoms with Crippen LogP contribution < -0.4 is 5.32 Å². The summed E-state index contributed by atoms with van der Waals surface area (Å²) in [6.07, 6.45) is 3.43. The van der Waals surface area contributed by atoms with E-state index in [2.05, 4.69) is 12.2 Å². The molecule has 5 nitrogen and oxygen atoms in total. The number of unbranched alkanes of at least 4 members (excludes halogenated alkanes) is 2. The zero-order valence-electron chi connectivity index (χ0n) is 12.8. The van der Waals surface area contributed by atoms with E-state index < -0.39 is 5.97 Å². The second kappa shape index (κ2) is 7.83. The minimum absolute atomic E-state index is 0.0478. The maximum absolute atomic E-state index is 11.8. The number of nitrogens with one attached hydrogen (secondary N) is 1. The summed E-state index contributed by atoms with van der Waals surface area (Å²) in [5.74, 6) is -0.964. The quantitative estimate of drug-likeness (QED) is 0.711. The Morgan fingerprint density at radius 2 is 2.00 bits per heavy atom. The molecule has 0 radical (unpaired) electrons. The molecule has 1 heterocycles. The van der Waals surface area contributed by atoms with Crippen LogP contribution in [0.25, 0.3) is 11.3 Å². The third-order valence-corrected chi connectivity index (χ3v) is 3.66. The molecule has 0 fully saturated rings. The van der Waals surface area contributed by atoms with E-state index in [1.807, 2.05) is 0 Å². The molecule has 0 aliphatic heterocycles. The van der Waals surface area contributed by atoms with Crippen molar-refractivity contribution in [1.82, 2.24) is 0 Å². The zero-order chi connectivity index (χ0) is 16.8. The number of anilines is 1. The smallest absolute Gasteiger partial charge is 0.371 e. The van der Waals surface area contributed by atoms with Crippen molar-refractivity contribution >= 4 is 29.2 Å². The van der Waals surface area contributed by atoms with Crippen LogP contribution >= 0.6 is 11.6 Å².